The predicted octanol–water partition coefficient (Wildman–Crippen LogP) is 2.22. The van der Waals surface area contributed by atoms with Crippen LogP contribution in [-0.4, -0.2) is 0 Å². The minimum absolute atomic E-state index is 0.0359. The molecule has 7 heavy (non-hydrogen) atoms. The van der Waals surface area contributed by atoms with Gasteiger partial charge in [-0.3, -0.25) is 0 Å². The molecule has 0 atom stereocenters. The third-order valence-electron chi connectivity index (χ3n) is 1.14. The van der Waals surface area contributed by atoms with Gasteiger partial charge in [0.15, 0.2) is 0 Å². The highest BCUT2D eigenvalue weighted by Gasteiger charge is 1.99. The normalized spacial score (nSPS) is 21.6. The molecule has 0 bridgehead atoms. The lowest BCUT2D eigenvalue weighted by Gasteiger charge is -2.01. The van der Waals surface area contributed by atoms with Crippen LogP contribution in [0.3, 0.4) is 0 Å². The minimum Gasteiger partial charge on any atom is -0.212 e. The first-order valence-corrected chi connectivity index (χ1v) is 2.65. The van der Waals surface area contributed by atoms with Crippen LogP contribution in [0.25, 0.3) is 0 Å². The van der Waals surface area contributed by atoms with Gasteiger partial charge in [-0.05, 0) is 31.8 Å². The van der Waals surface area contributed by atoms with Gasteiger partial charge in [0.1, 0.15) is 5.83 Å². The third kappa shape index (κ3) is 1.30. The van der Waals surface area contributed by atoms with E-state index in [-0.39, 0.29) is 5.83 Å². The molecular formula is C6H8F. The van der Waals surface area contributed by atoms with Crippen molar-refractivity contribution in [1.29, 1.82) is 0 Å². The summed E-state index contributed by atoms with van der Waals surface area (Å²) in [5.74, 6) is -0.0359. The molecule has 0 fully saturated rings. The predicted molar refractivity (Wildman–Crippen MR) is 26.3 cm³/mol. The summed E-state index contributed by atoms with van der Waals surface area (Å²) in [5, 5.41) is 0. The Morgan fingerprint density at radius 3 is 2.57 bits per heavy atom. The van der Waals surface area contributed by atoms with Gasteiger partial charge in [0.2, 0.25) is 0 Å². The molecule has 1 radical (unpaired) electrons. The Labute approximate surface area is 43.0 Å². The molecule has 0 spiro atoms. The van der Waals surface area contributed by atoms with E-state index in [2.05, 4.69) is 6.08 Å². The van der Waals surface area contributed by atoms with E-state index in [0.29, 0.717) is 6.42 Å². The topological polar surface area (TPSA) is 0 Å². The molecule has 0 aromatic rings. The number of hydrogen-bond acceptors (Lipinski definition) is 0. The zero-order valence-electron chi connectivity index (χ0n) is 4.21. The van der Waals surface area contributed by atoms with Gasteiger partial charge in [0.05, 0.1) is 0 Å². The van der Waals surface area contributed by atoms with E-state index < -0.39 is 0 Å². The molecule has 0 aromatic heterocycles. The molecule has 0 aliphatic heterocycles. The van der Waals surface area contributed by atoms with E-state index in [4.69, 9.17) is 0 Å². The Kier molecular flexibility index (Phi) is 1.45. The molecule has 0 heterocycles. The summed E-state index contributed by atoms with van der Waals surface area (Å²) >= 11 is 0. The van der Waals surface area contributed by atoms with E-state index in [1.807, 2.05) is 0 Å². The molecule has 39 valence electrons. The van der Waals surface area contributed by atoms with Gasteiger partial charge >= 0.3 is 0 Å². The lowest BCUT2D eigenvalue weighted by atomic mass is 10.1. The maximum absolute atomic E-state index is 12.0. The third-order valence-corrected chi connectivity index (χ3v) is 1.14. The number of allylic oxidation sites excluding steroid dienone is 2. The lowest BCUT2D eigenvalue weighted by molar-refractivity contribution is 0.525. The quantitative estimate of drug-likeness (QED) is 0.436. The molecule has 1 rings (SSSR count). The summed E-state index contributed by atoms with van der Waals surface area (Å²) in [5.41, 5.74) is 0. The van der Waals surface area contributed by atoms with Crippen molar-refractivity contribution in [3.05, 3.63) is 11.9 Å². The molecule has 0 saturated heterocycles. The smallest absolute Gasteiger partial charge is 0.103 e. The fraction of sp³-hybridized carbons (Fsp3) is 0.667. The van der Waals surface area contributed by atoms with Gasteiger partial charge in [-0.2, -0.15) is 0 Å². The van der Waals surface area contributed by atoms with Crippen LogP contribution in [0.5, 0.6) is 0 Å². The highest BCUT2D eigenvalue weighted by molar-refractivity contribution is 4.88. The van der Waals surface area contributed by atoms with Gasteiger partial charge in [-0.25, -0.2) is 4.39 Å². The Hall–Kier alpha value is -0.330. The molecule has 1 aliphatic carbocycles. The Balaban J connectivity index is 2.40. The van der Waals surface area contributed by atoms with Crippen molar-refractivity contribution < 1.29 is 4.39 Å². The van der Waals surface area contributed by atoms with E-state index in [1.165, 1.54) is 0 Å². The largest absolute Gasteiger partial charge is 0.212 e. The first-order valence-electron chi connectivity index (χ1n) is 2.65. The molecule has 0 N–H and O–H groups in total. The second-order valence-electron chi connectivity index (χ2n) is 1.79. The van der Waals surface area contributed by atoms with Crippen molar-refractivity contribution >= 4 is 0 Å². The zero-order valence-corrected chi connectivity index (χ0v) is 4.21. The first kappa shape index (κ1) is 4.82. The molecule has 0 nitrogen and oxygen atoms in total. The second-order valence-corrected chi connectivity index (χ2v) is 1.79. The second kappa shape index (κ2) is 2.10. The maximum Gasteiger partial charge on any atom is 0.103 e. The van der Waals surface area contributed by atoms with Gasteiger partial charge < -0.3 is 0 Å². The van der Waals surface area contributed by atoms with Gasteiger partial charge in [0.25, 0.3) is 0 Å². The summed E-state index contributed by atoms with van der Waals surface area (Å²) in [6, 6.07) is 0. The molecular weight excluding hydrogens is 91.1 g/mol. The summed E-state index contributed by atoms with van der Waals surface area (Å²) in [7, 11) is 0. The maximum atomic E-state index is 12.0. The van der Waals surface area contributed by atoms with Crippen LogP contribution in [0, 0.1) is 6.08 Å². The van der Waals surface area contributed by atoms with E-state index in [0.717, 1.165) is 19.3 Å². The highest BCUT2D eigenvalue weighted by Crippen LogP contribution is 2.16. The van der Waals surface area contributed by atoms with Crippen molar-refractivity contribution in [3.63, 3.8) is 0 Å². The van der Waals surface area contributed by atoms with Crippen LogP contribution in [-0.2, 0) is 0 Å². The minimum atomic E-state index is -0.0359. The number of hydrogen-bond donors (Lipinski definition) is 0. The van der Waals surface area contributed by atoms with E-state index >= 15 is 0 Å². The van der Waals surface area contributed by atoms with E-state index in [1.54, 1.807) is 0 Å². The van der Waals surface area contributed by atoms with Crippen molar-refractivity contribution in [1.82, 2.24) is 0 Å². The molecule has 0 amide bonds. The summed E-state index contributed by atoms with van der Waals surface area (Å²) < 4.78 is 12.0. The molecule has 0 saturated carbocycles. The Bertz CT molecular complexity index is 84.2. The molecule has 0 unspecified atom stereocenters. The van der Waals surface area contributed by atoms with Crippen molar-refractivity contribution in [2.45, 2.75) is 25.7 Å². The molecule has 0 aromatic carbocycles. The van der Waals surface area contributed by atoms with Crippen LogP contribution >= 0.6 is 0 Å². The summed E-state index contributed by atoms with van der Waals surface area (Å²) in [6.07, 6.45) is 6.21. The van der Waals surface area contributed by atoms with Crippen LogP contribution in [0.4, 0.5) is 4.39 Å². The number of halogens is 1. The number of rotatable bonds is 0. The Morgan fingerprint density at radius 1 is 1.43 bits per heavy atom. The van der Waals surface area contributed by atoms with Crippen molar-refractivity contribution in [2.24, 2.45) is 0 Å². The Morgan fingerprint density at radius 2 is 2.29 bits per heavy atom. The van der Waals surface area contributed by atoms with Crippen LogP contribution < -0.4 is 0 Å². The standard InChI is InChI=1S/C6H8F/c7-6-4-2-1-3-5-6/h1-4H2. The molecule has 1 aliphatic rings. The first-order chi connectivity index (χ1) is 3.39. The van der Waals surface area contributed by atoms with Gasteiger partial charge in [0, 0.05) is 0 Å². The average molecular weight is 99.1 g/mol. The van der Waals surface area contributed by atoms with E-state index in [9.17, 15) is 4.39 Å². The van der Waals surface area contributed by atoms with Crippen LogP contribution in [0.15, 0.2) is 5.83 Å². The highest BCUT2D eigenvalue weighted by atomic mass is 19.1. The summed E-state index contributed by atoms with van der Waals surface area (Å²) in [6.45, 7) is 0. The summed E-state index contributed by atoms with van der Waals surface area (Å²) in [4.78, 5) is 0. The van der Waals surface area contributed by atoms with Crippen molar-refractivity contribution in [3.8, 4) is 0 Å². The molecule has 1 heteroatoms. The van der Waals surface area contributed by atoms with Crippen molar-refractivity contribution in [2.75, 3.05) is 0 Å². The van der Waals surface area contributed by atoms with Crippen LogP contribution in [0.2, 0.25) is 0 Å². The monoisotopic (exact) mass is 99.1 g/mol. The van der Waals surface area contributed by atoms with Gasteiger partial charge in [-0.15, -0.1) is 0 Å². The SMILES string of the molecule is FC1=[C]CCCC1. The lowest BCUT2D eigenvalue weighted by Crippen LogP contribution is -1.85. The van der Waals surface area contributed by atoms with Crippen LogP contribution in [0.1, 0.15) is 25.7 Å². The average Bonchev–Trinajstić information content (AvgIpc) is 1.69. The zero-order chi connectivity index (χ0) is 5.11. The fourth-order valence-electron chi connectivity index (χ4n) is 0.718. The fourth-order valence-corrected chi connectivity index (χ4v) is 0.718. The van der Waals surface area contributed by atoms with Gasteiger partial charge in [-0.1, -0.05) is 0 Å².